The molecule has 0 aliphatic carbocycles. The fourth-order valence-corrected chi connectivity index (χ4v) is 2.68. The predicted octanol–water partition coefficient (Wildman–Crippen LogP) is 3.83. The molecule has 0 heterocycles. The summed E-state index contributed by atoms with van der Waals surface area (Å²) in [5, 5.41) is 9.99. The SMILES string of the molecule is Cc1ccc(CC(O)CSc2cccc(F)c2)cc1. The van der Waals surface area contributed by atoms with Gasteiger partial charge in [0.1, 0.15) is 5.82 Å². The van der Waals surface area contributed by atoms with Gasteiger partial charge in [0.05, 0.1) is 6.10 Å². The number of thioether (sulfide) groups is 1. The standard InChI is InChI=1S/C16H17FOS/c1-12-5-7-13(8-6-12)9-15(18)11-19-16-4-2-3-14(17)10-16/h2-8,10,15,18H,9,11H2,1H3. The molecule has 0 aliphatic heterocycles. The van der Waals surface area contributed by atoms with E-state index in [9.17, 15) is 9.50 Å². The topological polar surface area (TPSA) is 20.2 Å². The summed E-state index contributed by atoms with van der Waals surface area (Å²) in [6.45, 7) is 2.04. The molecule has 0 spiro atoms. The molecule has 1 nitrogen and oxygen atoms in total. The van der Waals surface area contributed by atoms with Gasteiger partial charge in [0, 0.05) is 10.6 Å². The van der Waals surface area contributed by atoms with E-state index < -0.39 is 6.10 Å². The van der Waals surface area contributed by atoms with Crippen molar-refractivity contribution in [3.05, 3.63) is 65.5 Å². The van der Waals surface area contributed by atoms with Crippen LogP contribution in [0.4, 0.5) is 4.39 Å². The average molecular weight is 276 g/mol. The molecule has 0 aliphatic rings. The van der Waals surface area contributed by atoms with Crippen molar-refractivity contribution < 1.29 is 9.50 Å². The molecule has 2 aromatic carbocycles. The quantitative estimate of drug-likeness (QED) is 0.838. The number of aryl methyl sites for hydroxylation is 1. The van der Waals surface area contributed by atoms with Gasteiger partial charge in [-0.05, 0) is 37.1 Å². The molecule has 1 N–H and O–H groups in total. The van der Waals surface area contributed by atoms with Crippen molar-refractivity contribution in [2.24, 2.45) is 0 Å². The van der Waals surface area contributed by atoms with Gasteiger partial charge in [0.25, 0.3) is 0 Å². The minimum Gasteiger partial charge on any atom is -0.392 e. The van der Waals surface area contributed by atoms with Crippen LogP contribution >= 0.6 is 11.8 Å². The molecule has 0 fully saturated rings. The van der Waals surface area contributed by atoms with E-state index in [-0.39, 0.29) is 5.82 Å². The summed E-state index contributed by atoms with van der Waals surface area (Å²) in [5.41, 5.74) is 2.34. The third-order valence-electron chi connectivity index (χ3n) is 2.83. The highest BCUT2D eigenvalue weighted by molar-refractivity contribution is 7.99. The van der Waals surface area contributed by atoms with E-state index in [4.69, 9.17) is 0 Å². The van der Waals surface area contributed by atoms with Gasteiger partial charge in [-0.15, -0.1) is 11.8 Å². The first kappa shape index (κ1) is 14.1. The van der Waals surface area contributed by atoms with Crippen LogP contribution in [0.15, 0.2) is 53.4 Å². The minimum atomic E-state index is -0.420. The molecular weight excluding hydrogens is 259 g/mol. The Kier molecular flexibility index (Phi) is 5.00. The molecule has 19 heavy (non-hydrogen) atoms. The normalized spacial score (nSPS) is 12.4. The van der Waals surface area contributed by atoms with E-state index in [1.807, 2.05) is 37.3 Å². The molecule has 2 aromatic rings. The molecule has 0 radical (unpaired) electrons. The molecule has 0 amide bonds. The lowest BCUT2D eigenvalue weighted by Gasteiger charge is -2.10. The number of benzene rings is 2. The van der Waals surface area contributed by atoms with Crippen LogP contribution in [-0.4, -0.2) is 17.0 Å². The van der Waals surface area contributed by atoms with Gasteiger partial charge >= 0.3 is 0 Å². The van der Waals surface area contributed by atoms with Crippen molar-refractivity contribution in [3.63, 3.8) is 0 Å². The smallest absolute Gasteiger partial charge is 0.124 e. The third kappa shape index (κ3) is 4.69. The largest absolute Gasteiger partial charge is 0.392 e. The first-order valence-corrected chi connectivity index (χ1v) is 7.24. The fourth-order valence-electron chi connectivity index (χ4n) is 1.80. The van der Waals surface area contributed by atoms with Crippen molar-refractivity contribution in [1.82, 2.24) is 0 Å². The number of hydrogen-bond acceptors (Lipinski definition) is 2. The van der Waals surface area contributed by atoms with Crippen molar-refractivity contribution in [2.45, 2.75) is 24.3 Å². The zero-order valence-electron chi connectivity index (χ0n) is 10.8. The molecule has 1 atom stereocenters. The van der Waals surface area contributed by atoms with E-state index in [1.165, 1.54) is 29.5 Å². The Morgan fingerprint density at radius 1 is 1.16 bits per heavy atom. The number of hydrogen-bond donors (Lipinski definition) is 1. The maximum atomic E-state index is 13.0. The summed E-state index contributed by atoms with van der Waals surface area (Å²) < 4.78 is 13.0. The third-order valence-corrected chi connectivity index (χ3v) is 3.97. The maximum Gasteiger partial charge on any atom is 0.124 e. The Morgan fingerprint density at radius 3 is 2.58 bits per heavy atom. The van der Waals surface area contributed by atoms with E-state index >= 15 is 0 Å². The second-order valence-electron chi connectivity index (χ2n) is 4.61. The monoisotopic (exact) mass is 276 g/mol. The summed E-state index contributed by atoms with van der Waals surface area (Å²) >= 11 is 1.48. The first-order valence-electron chi connectivity index (χ1n) is 6.25. The van der Waals surface area contributed by atoms with Gasteiger partial charge in [-0.2, -0.15) is 0 Å². The van der Waals surface area contributed by atoms with Gasteiger partial charge in [-0.1, -0.05) is 35.9 Å². The highest BCUT2D eigenvalue weighted by Gasteiger charge is 2.07. The maximum absolute atomic E-state index is 13.0. The number of aliphatic hydroxyl groups is 1. The molecule has 3 heteroatoms. The minimum absolute atomic E-state index is 0.238. The second-order valence-corrected chi connectivity index (χ2v) is 5.71. The molecule has 0 saturated carbocycles. The number of halogens is 1. The van der Waals surface area contributed by atoms with Crippen LogP contribution < -0.4 is 0 Å². The zero-order chi connectivity index (χ0) is 13.7. The van der Waals surface area contributed by atoms with Crippen LogP contribution in [-0.2, 0) is 6.42 Å². The van der Waals surface area contributed by atoms with Gasteiger partial charge in [-0.25, -0.2) is 4.39 Å². The molecule has 0 bridgehead atoms. The first-order chi connectivity index (χ1) is 9.13. The van der Waals surface area contributed by atoms with Crippen LogP contribution in [0.2, 0.25) is 0 Å². The average Bonchev–Trinajstić information content (AvgIpc) is 2.39. The Morgan fingerprint density at radius 2 is 1.89 bits per heavy atom. The van der Waals surface area contributed by atoms with Gasteiger partial charge in [-0.3, -0.25) is 0 Å². The van der Waals surface area contributed by atoms with Gasteiger partial charge in [0.2, 0.25) is 0 Å². The highest BCUT2D eigenvalue weighted by atomic mass is 32.2. The highest BCUT2D eigenvalue weighted by Crippen LogP contribution is 2.20. The van der Waals surface area contributed by atoms with E-state index in [1.54, 1.807) is 6.07 Å². The summed E-state index contributed by atoms with van der Waals surface area (Å²) in [7, 11) is 0. The van der Waals surface area contributed by atoms with Crippen LogP contribution in [0.5, 0.6) is 0 Å². The van der Waals surface area contributed by atoms with Crippen LogP contribution in [0.25, 0.3) is 0 Å². The second kappa shape index (κ2) is 6.73. The zero-order valence-corrected chi connectivity index (χ0v) is 11.7. The van der Waals surface area contributed by atoms with Crippen molar-refractivity contribution in [3.8, 4) is 0 Å². The van der Waals surface area contributed by atoms with Crippen molar-refractivity contribution in [1.29, 1.82) is 0 Å². The number of rotatable bonds is 5. The van der Waals surface area contributed by atoms with Crippen molar-refractivity contribution in [2.75, 3.05) is 5.75 Å². The molecule has 0 saturated heterocycles. The van der Waals surface area contributed by atoms with Gasteiger partial charge < -0.3 is 5.11 Å². The lowest BCUT2D eigenvalue weighted by Crippen LogP contribution is -2.13. The summed E-state index contributed by atoms with van der Waals surface area (Å²) in [6.07, 6.45) is 0.207. The van der Waals surface area contributed by atoms with Crippen LogP contribution in [0.3, 0.4) is 0 Å². The molecule has 0 aromatic heterocycles. The number of aliphatic hydroxyl groups excluding tert-OH is 1. The Labute approximate surface area is 117 Å². The predicted molar refractivity (Wildman–Crippen MR) is 78.0 cm³/mol. The Hall–Kier alpha value is -1.32. The summed E-state index contributed by atoms with van der Waals surface area (Å²) in [5.74, 6) is 0.329. The van der Waals surface area contributed by atoms with E-state index in [0.717, 1.165) is 10.5 Å². The molecule has 100 valence electrons. The fraction of sp³-hybridized carbons (Fsp3) is 0.250. The van der Waals surface area contributed by atoms with E-state index in [2.05, 4.69) is 0 Å². The molecular formula is C16H17FOS. The lowest BCUT2D eigenvalue weighted by molar-refractivity contribution is 0.200. The van der Waals surface area contributed by atoms with E-state index in [0.29, 0.717) is 12.2 Å². The lowest BCUT2D eigenvalue weighted by atomic mass is 10.1. The Bertz CT molecular complexity index is 525. The van der Waals surface area contributed by atoms with Crippen LogP contribution in [0, 0.1) is 12.7 Å². The Balaban J connectivity index is 1.84. The van der Waals surface area contributed by atoms with Crippen LogP contribution in [0.1, 0.15) is 11.1 Å². The molecule has 1 unspecified atom stereocenters. The van der Waals surface area contributed by atoms with Gasteiger partial charge in [0.15, 0.2) is 0 Å². The summed E-state index contributed by atoms with van der Waals surface area (Å²) in [6, 6.07) is 14.6. The molecule has 2 rings (SSSR count). The van der Waals surface area contributed by atoms with Crippen molar-refractivity contribution >= 4 is 11.8 Å². The summed E-state index contributed by atoms with van der Waals surface area (Å²) in [4.78, 5) is 0.850.